The Morgan fingerprint density at radius 3 is 2.44 bits per heavy atom. The number of methoxy groups -OCH3 is 1. The van der Waals surface area contributed by atoms with Crippen molar-refractivity contribution in [2.24, 2.45) is 4.99 Å². The SMILES string of the molecule is C=CCOC(=O)C1=C(C)N=c2s/c(=C\c3cn(-c4ccccc4)nc3-c3ccc(OCCCC)cc3)c(=O)n2[C@@H]1c1ccc(OC)cc1. The Balaban J connectivity index is 1.49. The van der Waals surface area contributed by atoms with Gasteiger partial charge in [-0.2, -0.15) is 5.10 Å². The number of aromatic nitrogens is 3. The molecule has 0 saturated carbocycles. The molecule has 244 valence electrons. The number of esters is 1. The average molecular weight is 661 g/mol. The van der Waals surface area contributed by atoms with Gasteiger partial charge in [-0.15, -0.1) is 0 Å². The standard InChI is InChI=1S/C38H36N4O5S/c1-5-7-22-46-31-19-13-26(14-20-31)34-28(24-41(40-34)29-11-9-8-10-12-29)23-32-36(43)42-35(27-15-17-30(45-4)18-16-27)33(37(44)47-21-6-2)25(3)39-38(42)48-32/h6,8-20,23-24,35H,2,5,7,21-22H2,1,3-4H3/b32-23-/t35-/m1/s1. The molecule has 1 aliphatic heterocycles. The second-order valence-electron chi connectivity index (χ2n) is 11.2. The molecule has 0 fully saturated rings. The molecule has 0 radical (unpaired) electrons. The maximum absolute atomic E-state index is 14.3. The first kappa shape index (κ1) is 32.5. The lowest BCUT2D eigenvalue weighted by molar-refractivity contribution is -0.138. The first-order valence-electron chi connectivity index (χ1n) is 15.7. The summed E-state index contributed by atoms with van der Waals surface area (Å²) in [5.74, 6) is 0.895. The molecule has 3 heterocycles. The van der Waals surface area contributed by atoms with E-state index in [4.69, 9.17) is 24.3 Å². The largest absolute Gasteiger partial charge is 0.497 e. The van der Waals surface area contributed by atoms with Crippen LogP contribution in [0.15, 0.2) is 119 Å². The van der Waals surface area contributed by atoms with Crippen molar-refractivity contribution >= 4 is 23.4 Å². The predicted octanol–water partition coefficient (Wildman–Crippen LogP) is 6.00. The molecule has 0 aliphatic carbocycles. The van der Waals surface area contributed by atoms with Gasteiger partial charge in [-0.1, -0.05) is 67.7 Å². The number of fused-ring (bicyclic) bond motifs is 1. The van der Waals surface area contributed by atoms with Crippen LogP contribution in [0.5, 0.6) is 11.5 Å². The first-order chi connectivity index (χ1) is 23.4. The summed E-state index contributed by atoms with van der Waals surface area (Å²) in [5.41, 5.74) is 4.45. The summed E-state index contributed by atoms with van der Waals surface area (Å²) < 4.78 is 20.5. The summed E-state index contributed by atoms with van der Waals surface area (Å²) in [6, 6.07) is 24.2. The van der Waals surface area contributed by atoms with Crippen LogP contribution in [-0.4, -0.2) is 40.6 Å². The van der Waals surface area contributed by atoms with Crippen LogP contribution in [0.2, 0.25) is 0 Å². The summed E-state index contributed by atoms with van der Waals surface area (Å²) in [7, 11) is 1.59. The number of hydrogen-bond acceptors (Lipinski definition) is 8. The third kappa shape index (κ3) is 6.65. The number of para-hydroxylation sites is 1. The van der Waals surface area contributed by atoms with Gasteiger partial charge in [-0.25, -0.2) is 14.5 Å². The van der Waals surface area contributed by atoms with E-state index in [1.807, 2.05) is 83.7 Å². The quantitative estimate of drug-likeness (QED) is 0.0925. The van der Waals surface area contributed by atoms with Crippen molar-refractivity contribution in [1.82, 2.24) is 14.3 Å². The highest BCUT2D eigenvalue weighted by Crippen LogP contribution is 2.32. The Labute approximate surface area is 282 Å². The van der Waals surface area contributed by atoms with E-state index in [1.54, 1.807) is 30.7 Å². The summed E-state index contributed by atoms with van der Waals surface area (Å²) in [4.78, 5) is 32.9. The average Bonchev–Trinajstić information content (AvgIpc) is 3.67. The van der Waals surface area contributed by atoms with Crippen LogP contribution in [0.3, 0.4) is 0 Å². The molecule has 48 heavy (non-hydrogen) atoms. The Kier molecular flexibility index (Phi) is 9.82. The first-order valence-corrected chi connectivity index (χ1v) is 16.6. The second-order valence-corrected chi connectivity index (χ2v) is 12.2. The number of hydrogen-bond donors (Lipinski definition) is 0. The van der Waals surface area contributed by atoms with Crippen molar-refractivity contribution in [2.45, 2.75) is 32.7 Å². The van der Waals surface area contributed by atoms with Crippen molar-refractivity contribution in [2.75, 3.05) is 20.3 Å². The lowest BCUT2D eigenvalue weighted by Gasteiger charge is -2.24. The Morgan fingerprint density at radius 2 is 1.75 bits per heavy atom. The van der Waals surface area contributed by atoms with Crippen LogP contribution in [-0.2, 0) is 9.53 Å². The van der Waals surface area contributed by atoms with E-state index in [0.717, 1.165) is 41.0 Å². The summed E-state index contributed by atoms with van der Waals surface area (Å²) in [6.45, 7) is 8.24. The van der Waals surface area contributed by atoms with E-state index >= 15 is 0 Å². The van der Waals surface area contributed by atoms with Gasteiger partial charge in [-0.3, -0.25) is 9.36 Å². The predicted molar refractivity (Wildman–Crippen MR) is 187 cm³/mol. The van der Waals surface area contributed by atoms with Gasteiger partial charge in [-0.05, 0) is 73.5 Å². The van der Waals surface area contributed by atoms with Crippen molar-refractivity contribution in [3.8, 4) is 28.4 Å². The number of allylic oxidation sites excluding steroid dienone is 1. The van der Waals surface area contributed by atoms with Crippen molar-refractivity contribution in [1.29, 1.82) is 0 Å². The van der Waals surface area contributed by atoms with Gasteiger partial charge >= 0.3 is 5.97 Å². The molecule has 1 atom stereocenters. The molecule has 0 amide bonds. The molecule has 6 rings (SSSR count). The maximum atomic E-state index is 14.3. The van der Waals surface area contributed by atoms with E-state index in [1.165, 1.54) is 17.4 Å². The van der Waals surface area contributed by atoms with Gasteiger partial charge < -0.3 is 14.2 Å². The van der Waals surface area contributed by atoms with Crippen LogP contribution >= 0.6 is 11.3 Å². The molecule has 2 aromatic heterocycles. The highest BCUT2D eigenvalue weighted by molar-refractivity contribution is 7.07. The van der Waals surface area contributed by atoms with Gasteiger partial charge in [0.05, 0.1) is 41.2 Å². The molecule has 0 N–H and O–H groups in total. The molecule has 0 spiro atoms. The molecule has 0 saturated heterocycles. The Bertz CT molecular complexity index is 2140. The van der Waals surface area contributed by atoms with Crippen molar-refractivity contribution in [3.05, 3.63) is 140 Å². The number of carbonyl (C=O) groups excluding carboxylic acids is 1. The fourth-order valence-corrected chi connectivity index (χ4v) is 6.55. The zero-order chi connectivity index (χ0) is 33.6. The van der Waals surface area contributed by atoms with E-state index in [0.29, 0.717) is 38.7 Å². The Morgan fingerprint density at radius 1 is 1.02 bits per heavy atom. The second kappa shape index (κ2) is 14.5. The van der Waals surface area contributed by atoms with Crippen LogP contribution in [0.1, 0.15) is 43.9 Å². The minimum absolute atomic E-state index is 0.0371. The van der Waals surface area contributed by atoms with Crippen LogP contribution in [0.4, 0.5) is 0 Å². The third-order valence-corrected chi connectivity index (χ3v) is 8.93. The number of thiazole rings is 1. The van der Waals surface area contributed by atoms with Gasteiger partial charge in [0, 0.05) is 17.3 Å². The lowest BCUT2D eigenvalue weighted by Crippen LogP contribution is -2.39. The number of carbonyl (C=O) groups is 1. The molecular weight excluding hydrogens is 625 g/mol. The van der Waals surface area contributed by atoms with Gasteiger partial charge in [0.25, 0.3) is 5.56 Å². The van der Waals surface area contributed by atoms with Crippen LogP contribution in [0, 0.1) is 0 Å². The zero-order valence-corrected chi connectivity index (χ0v) is 27.9. The van der Waals surface area contributed by atoms with E-state index in [2.05, 4.69) is 13.5 Å². The molecular formula is C38H36N4O5S. The number of rotatable bonds is 12. The molecule has 3 aromatic carbocycles. The van der Waals surface area contributed by atoms with Crippen LogP contribution < -0.4 is 24.4 Å². The third-order valence-electron chi connectivity index (χ3n) is 7.95. The molecule has 1 aliphatic rings. The molecule has 0 unspecified atom stereocenters. The van der Waals surface area contributed by atoms with E-state index < -0.39 is 12.0 Å². The Hall–Kier alpha value is -5.48. The molecule has 5 aromatic rings. The number of ether oxygens (including phenoxy) is 3. The van der Waals surface area contributed by atoms with Crippen molar-refractivity contribution in [3.63, 3.8) is 0 Å². The molecule has 9 nitrogen and oxygen atoms in total. The topological polar surface area (TPSA) is 96.9 Å². The van der Waals surface area contributed by atoms with Gasteiger partial charge in [0.2, 0.25) is 0 Å². The van der Waals surface area contributed by atoms with Crippen molar-refractivity contribution < 1.29 is 19.0 Å². The fourth-order valence-electron chi connectivity index (χ4n) is 5.51. The van der Waals surface area contributed by atoms with Gasteiger partial charge in [0.15, 0.2) is 4.80 Å². The van der Waals surface area contributed by atoms with Crippen LogP contribution in [0.25, 0.3) is 23.0 Å². The summed E-state index contributed by atoms with van der Waals surface area (Å²) in [5, 5.41) is 4.95. The molecule has 10 heteroatoms. The van der Waals surface area contributed by atoms with E-state index in [-0.39, 0.29) is 12.2 Å². The lowest BCUT2D eigenvalue weighted by atomic mass is 9.96. The monoisotopic (exact) mass is 660 g/mol. The molecule has 0 bridgehead atoms. The maximum Gasteiger partial charge on any atom is 0.338 e. The fraction of sp³-hybridized carbons (Fsp3) is 0.211. The minimum atomic E-state index is -0.751. The smallest absolute Gasteiger partial charge is 0.338 e. The minimum Gasteiger partial charge on any atom is -0.497 e. The summed E-state index contributed by atoms with van der Waals surface area (Å²) >= 11 is 1.26. The number of nitrogens with zero attached hydrogens (tertiary/aromatic N) is 4. The highest BCUT2D eigenvalue weighted by Gasteiger charge is 2.33. The van der Waals surface area contributed by atoms with Gasteiger partial charge in [0.1, 0.15) is 23.8 Å². The number of benzene rings is 3. The highest BCUT2D eigenvalue weighted by atomic mass is 32.1. The zero-order valence-electron chi connectivity index (χ0n) is 27.1. The summed E-state index contributed by atoms with van der Waals surface area (Å²) in [6.07, 6.45) is 7.31. The van der Waals surface area contributed by atoms with E-state index in [9.17, 15) is 9.59 Å². The number of unbranched alkanes of at least 4 members (excludes halogenated alkanes) is 1. The normalized spacial score (nSPS) is 14.3.